The maximum Gasteiger partial charge on any atom is 0.408 e. The SMILES string of the molecule is CNC(=O)OCNC(=O)C(=O)/C=C/c1ccccc1. The van der Waals surface area contributed by atoms with Gasteiger partial charge in [0, 0.05) is 7.05 Å². The van der Waals surface area contributed by atoms with Gasteiger partial charge in [-0.3, -0.25) is 9.59 Å². The Hall–Kier alpha value is -2.63. The van der Waals surface area contributed by atoms with E-state index in [0.717, 1.165) is 11.6 Å². The summed E-state index contributed by atoms with van der Waals surface area (Å²) >= 11 is 0. The summed E-state index contributed by atoms with van der Waals surface area (Å²) in [6.07, 6.45) is 2.00. The van der Waals surface area contributed by atoms with Crippen molar-refractivity contribution in [3.8, 4) is 0 Å². The summed E-state index contributed by atoms with van der Waals surface area (Å²) in [6, 6.07) is 9.09. The molecule has 0 saturated heterocycles. The summed E-state index contributed by atoms with van der Waals surface area (Å²) in [4.78, 5) is 33.4. The topological polar surface area (TPSA) is 84.5 Å². The zero-order valence-electron chi connectivity index (χ0n) is 10.4. The molecule has 1 rings (SSSR count). The van der Waals surface area contributed by atoms with Crippen LogP contribution < -0.4 is 10.6 Å². The maximum absolute atomic E-state index is 11.4. The van der Waals surface area contributed by atoms with Gasteiger partial charge in [0.15, 0.2) is 6.73 Å². The minimum absolute atomic E-state index is 0.358. The number of carbonyl (C=O) groups is 3. The molecule has 0 aliphatic carbocycles. The van der Waals surface area contributed by atoms with Crippen molar-refractivity contribution in [2.24, 2.45) is 0 Å². The predicted molar refractivity (Wildman–Crippen MR) is 69.0 cm³/mol. The molecule has 1 aromatic rings. The van der Waals surface area contributed by atoms with Gasteiger partial charge in [0.2, 0.25) is 5.78 Å². The van der Waals surface area contributed by atoms with Gasteiger partial charge < -0.3 is 15.4 Å². The van der Waals surface area contributed by atoms with Crippen molar-refractivity contribution in [2.45, 2.75) is 0 Å². The average molecular weight is 262 g/mol. The second-order valence-electron chi connectivity index (χ2n) is 3.44. The van der Waals surface area contributed by atoms with Gasteiger partial charge in [-0.1, -0.05) is 36.4 Å². The molecule has 0 aliphatic rings. The highest BCUT2D eigenvalue weighted by Gasteiger charge is 2.09. The van der Waals surface area contributed by atoms with E-state index in [4.69, 9.17) is 0 Å². The van der Waals surface area contributed by atoms with E-state index in [1.54, 1.807) is 12.1 Å². The molecule has 0 atom stereocenters. The highest BCUT2D eigenvalue weighted by molar-refractivity contribution is 6.41. The number of rotatable bonds is 5. The van der Waals surface area contributed by atoms with Crippen molar-refractivity contribution in [3.63, 3.8) is 0 Å². The van der Waals surface area contributed by atoms with Crippen molar-refractivity contribution in [3.05, 3.63) is 42.0 Å². The standard InChI is InChI=1S/C13H14N2O4/c1-14-13(18)19-9-15-12(17)11(16)8-7-10-5-3-2-4-6-10/h2-8H,9H2,1H3,(H,14,18)(H,15,17)/b8-7+. The van der Waals surface area contributed by atoms with E-state index >= 15 is 0 Å². The number of ketones is 1. The molecule has 6 nitrogen and oxygen atoms in total. The first kappa shape index (κ1) is 14.4. The molecular weight excluding hydrogens is 248 g/mol. The molecule has 0 fully saturated rings. The summed E-state index contributed by atoms with van der Waals surface area (Å²) in [5, 5.41) is 4.36. The van der Waals surface area contributed by atoms with E-state index in [0.29, 0.717) is 0 Å². The Balaban J connectivity index is 2.39. The number of amides is 2. The Morgan fingerprint density at radius 3 is 2.53 bits per heavy atom. The molecule has 0 radical (unpaired) electrons. The first-order valence-corrected chi connectivity index (χ1v) is 5.53. The maximum atomic E-state index is 11.4. The van der Waals surface area contributed by atoms with Crippen LogP contribution in [0.15, 0.2) is 36.4 Å². The highest BCUT2D eigenvalue weighted by Crippen LogP contribution is 2.00. The molecule has 0 heterocycles. The normalized spacial score (nSPS) is 9.95. The fourth-order valence-corrected chi connectivity index (χ4v) is 1.14. The number of carbonyl (C=O) groups excluding carboxylic acids is 3. The van der Waals surface area contributed by atoms with Gasteiger partial charge in [0.1, 0.15) is 0 Å². The second-order valence-corrected chi connectivity index (χ2v) is 3.44. The number of alkyl carbamates (subject to hydrolysis) is 1. The van der Waals surface area contributed by atoms with Gasteiger partial charge in [-0.25, -0.2) is 4.79 Å². The molecule has 0 saturated carbocycles. The van der Waals surface area contributed by atoms with Crippen molar-refractivity contribution in [2.75, 3.05) is 13.8 Å². The Morgan fingerprint density at radius 2 is 1.89 bits per heavy atom. The molecule has 2 N–H and O–H groups in total. The third-order valence-electron chi connectivity index (χ3n) is 2.09. The van der Waals surface area contributed by atoms with Crippen LogP contribution in [0.5, 0.6) is 0 Å². The van der Waals surface area contributed by atoms with Crippen molar-refractivity contribution in [1.82, 2.24) is 10.6 Å². The lowest BCUT2D eigenvalue weighted by molar-refractivity contribution is -0.135. The Labute approximate surface area is 110 Å². The van der Waals surface area contributed by atoms with E-state index in [9.17, 15) is 14.4 Å². The Morgan fingerprint density at radius 1 is 1.21 bits per heavy atom. The second kappa shape index (κ2) is 7.65. The summed E-state index contributed by atoms with van der Waals surface area (Å²) in [5.41, 5.74) is 0.810. The van der Waals surface area contributed by atoms with Gasteiger partial charge in [0.05, 0.1) is 0 Å². The van der Waals surface area contributed by atoms with Gasteiger partial charge in [-0.05, 0) is 11.6 Å². The van der Waals surface area contributed by atoms with E-state index in [1.165, 1.54) is 13.1 Å². The third kappa shape index (κ3) is 5.49. The zero-order chi connectivity index (χ0) is 14.1. The van der Waals surface area contributed by atoms with Crippen LogP contribution in [0, 0.1) is 0 Å². The summed E-state index contributed by atoms with van der Waals surface area (Å²) in [5.74, 6) is -1.56. The monoisotopic (exact) mass is 262 g/mol. The van der Waals surface area contributed by atoms with Crippen molar-refractivity contribution in [1.29, 1.82) is 0 Å². The summed E-state index contributed by atoms with van der Waals surface area (Å²) < 4.78 is 4.52. The number of benzene rings is 1. The van der Waals surface area contributed by atoms with Gasteiger partial charge >= 0.3 is 6.09 Å². The van der Waals surface area contributed by atoms with Crippen LogP contribution in [0.1, 0.15) is 5.56 Å². The molecule has 0 aliphatic heterocycles. The first-order chi connectivity index (χ1) is 9.13. The molecule has 0 bridgehead atoms. The van der Waals surface area contributed by atoms with Crippen LogP contribution in [0.4, 0.5) is 4.79 Å². The quantitative estimate of drug-likeness (QED) is 0.464. The third-order valence-corrected chi connectivity index (χ3v) is 2.09. The van der Waals surface area contributed by atoms with Crippen molar-refractivity contribution >= 4 is 23.9 Å². The molecule has 6 heteroatoms. The summed E-state index contributed by atoms with van der Waals surface area (Å²) in [7, 11) is 1.39. The number of hydrogen-bond acceptors (Lipinski definition) is 4. The van der Waals surface area contributed by atoms with Crippen LogP contribution in [-0.2, 0) is 14.3 Å². The Bertz CT molecular complexity index is 483. The Kier molecular flexibility index (Phi) is 5.81. The van der Waals surface area contributed by atoms with Gasteiger partial charge in [-0.15, -0.1) is 0 Å². The fourth-order valence-electron chi connectivity index (χ4n) is 1.14. The first-order valence-electron chi connectivity index (χ1n) is 5.53. The molecular formula is C13H14N2O4. The van der Waals surface area contributed by atoms with Crippen LogP contribution >= 0.6 is 0 Å². The average Bonchev–Trinajstić information content (AvgIpc) is 2.45. The molecule has 2 amide bonds. The molecule has 0 unspecified atom stereocenters. The van der Waals surface area contributed by atoms with Gasteiger partial charge in [0.25, 0.3) is 5.91 Å². The summed E-state index contributed by atoms with van der Waals surface area (Å²) in [6.45, 7) is -0.358. The van der Waals surface area contributed by atoms with Crippen LogP contribution in [0.3, 0.4) is 0 Å². The molecule has 100 valence electrons. The highest BCUT2D eigenvalue weighted by atomic mass is 16.6. The number of nitrogens with one attached hydrogen (secondary N) is 2. The molecule has 0 spiro atoms. The zero-order valence-corrected chi connectivity index (χ0v) is 10.4. The largest absolute Gasteiger partial charge is 0.428 e. The molecule has 0 aromatic heterocycles. The number of ether oxygens (including phenoxy) is 1. The van der Waals surface area contributed by atoms with E-state index in [1.807, 2.05) is 18.2 Å². The van der Waals surface area contributed by atoms with Crippen LogP contribution in [-0.4, -0.2) is 31.6 Å². The van der Waals surface area contributed by atoms with Crippen molar-refractivity contribution < 1.29 is 19.1 Å². The van der Waals surface area contributed by atoms with Crippen LogP contribution in [0.25, 0.3) is 6.08 Å². The number of hydrogen-bond donors (Lipinski definition) is 2. The van der Waals surface area contributed by atoms with Crippen LogP contribution in [0.2, 0.25) is 0 Å². The van der Waals surface area contributed by atoms with E-state index in [-0.39, 0.29) is 6.73 Å². The van der Waals surface area contributed by atoms with E-state index < -0.39 is 17.8 Å². The molecule has 1 aromatic carbocycles. The fraction of sp³-hybridized carbons (Fsp3) is 0.154. The minimum atomic E-state index is -0.837. The lowest BCUT2D eigenvalue weighted by Gasteiger charge is -2.03. The minimum Gasteiger partial charge on any atom is -0.428 e. The lowest BCUT2D eigenvalue weighted by Crippen LogP contribution is -2.34. The lowest BCUT2D eigenvalue weighted by atomic mass is 10.2. The smallest absolute Gasteiger partial charge is 0.408 e. The molecule has 19 heavy (non-hydrogen) atoms. The van der Waals surface area contributed by atoms with E-state index in [2.05, 4.69) is 15.4 Å². The van der Waals surface area contributed by atoms with Gasteiger partial charge in [-0.2, -0.15) is 0 Å². The predicted octanol–water partition coefficient (Wildman–Crippen LogP) is 0.699.